The lowest BCUT2D eigenvalue weighted by Crippen LogP contribution is -2.28. The van der Waals surface area contributed by atoms with E-state index in [1.54, 1.807) is 25.1 Å². The number of benzene rings is 2. The van der Waals surface area contributed by atoms with Gasteiger partial charge in [-0.05, 0) is 43.5 Å². The van der Waals surface area contributed by atoms with Crippen molar-refractivity contribution in [2.75, 3.05) is 30.3 Å². The Hall–Kier alpha value is -2.98. The van der Waals surface area contributed by atoms with Gasteiger partial charge in [-0.1, -0.05) is 12.1 Å². The van der Waals surface area contributed by atoms with Crippen molar-refractivity contribution in [3.05, 3.63) is 58.1 Å². The highest BCUT2D eigenvalue weighted by Gasteiger charge is 2.27. The molecule has 0 bridgehead atoms. The van der Waals surface area contributed by atoms with E-state index in [4.69, 9.17) is 0 Å². The van der Waals surface area contributed by atoms with Gasteiger partial charge in [-0.2, -0.15) is 4.31 Å². The average Bonchev–Trinajstić information content (AvgIpc) is 3.23. The summed E-state index contributed by atoms with van der Waals surface area (Å²) in [5, 5.41) is 16.4. The van der Waals surface area contributed by atoms with Crippen molar-refractivity contribution in [2.24, 2.45) is 0 Å². The number of sulfonamides is 1. The third-order valence-electron chi connectivity index (χ3n) is 4.69. The molecule has 0 saturated carbocycles. The van der Waals surface area contributed by atoms with Crippen molar-refractivity contribution in [1.29, 1.82) is 0 Å². The topological polar surface area (TPSA) is 122 Å². The van der Waals surface area contributed by atoms with Gasteiger partial charge in [-0.25, -0.2) is 8.42 Å². The number of aryl methyl sites for hydroxylation is 1. The Labute approximate surface area is 168 Å². The highest BCUT2D eigenvalue weighted by atomic mass is 32.2. The van der Waals surface area contributed by atoms with Crippen LogP contribution in [0.1, 0.15) is 18.4 Å². The molecule has 2 aromatic rings. The molecular weight excluding hydrogens is 396 g/mol. The molecule has 3 rings (SSSR count). The Bertz CT molecular complexity index is 1030. The largest absolute Gasteiger partial charge is 0.376 e. The van der Waals surface area contributed by atoms with Crippen LogP contribution in [0.15, 0.2) is 47.4 Å². The normalized spacial score (nSPS) is 14.5. The fraction of sp³-hybridized carbons (Fsp3) is 0.316. The number of carbonyl (C=O) groups is 1. The Kier molecular flexibility index (Phi) is 6.14. The number of non-ortho nitro benzene ring substituents is 1. The van der Waals surface area contributed by atoms with Crippen LogP contribution in [-0.4, -0.2) is 43.2 Å². The number of anilines is 2. The number of nitrogens with one attached hydrogen (secondary N) is 2. The van der Waals surface area contributed by atoms with Crippen molar-refractivity contribution in [1.82, 2.24) is 4.31 Å². The second-order valence-electron chi connectivity index (χ2n) is 6.80. The highest BCUT2D eigenvalue weighted by Crippen LogP contribution is 2.24. The monoisotopic (exact) mass is 418 g/mol. The third kappa shape index (κ3) is 4.90. The summed E-state index contributed by atoms with van der Waals surface area (Å²) < 4.78 is 26.8. The summed E-state index contributed by atoms with van der Waals surface area (Å²) in [7, 11) is -3.57. The molecule has 10 heteroatoms. The van der Waals surface area contributed by atoms with Gasteiger partial charge in [-0.3, -0.25) is 14.9 Å². The number of nitro benzene ring substituents is 1. The molecule has 1 aliphatic rings. The summed E-state index contributed by atoms with van der Waals surface area (Å²) >= 11 is 0. The standard InChI is InChI=1S/C19H22N4O5S/c1-14-7-8-16(23(25)26)12-18(14)20-13-19(24)21-15-5-4-6-17(11-15)29(27,28)22-9-2-3-10-22/h4-8,11-12,20H,2-3,9-10,13H2,1H3,(H,21,24). The van der Waals surface area contributed by atoms with Crippen molar-refractivity contribution < 1.29 is 18.1 Å². The molecule has 2 aromatic carbocycles. The van der Waals surface area contributed by atoms with Crippen molar-refractivity contribution in [2.45, 2.75) is 24.7 Å². The number of nitrogens with zero attached hydrogens (tertiary/aromatic N) is 2. The molecule has 154 valence electrons. The van der Waals surface area contributed by atoms with Crippen LogP contribution in [0.2, 0.25) is 0 Å². The Morgan fingerprint density at radius 3 is 2.59 bits per heavy atom. The highest BCUT2D eigenvalue weighted by molar-refractivity contribution is 7.89. The van der Waals surface area contributed by atoms with E-state index in [9.17, 15) is 23.3 Å². The minimum absolute atomic E-state index is 0.0710. The summed E-state index contributed by atoms with van der Waals surface area (Å²) in [5.74, 6) is -0.397. The number of hydrogen-bond donors (Lipinski definition) is 2. The Balaban J connectivity index is 1.66. The molecule has 0 spiro atoms. The van der Waals surface area contributed by atoms with Gasteiger partial charge in [0.1, 0.15) is 0 Å². The minimum atomic E-state index is -3.57. The number of carbonyl (C=O) groups excluding carboxylic acids is 1. The van der Waals surface area contributed by atoms with Crippen LogP contribution >= 0.6 is 0 Å². The lowest BCUT2D eigenvalue weighted by molar-refractivity contribution is -0.384. The first-order chi connectivity index (χ1) is 13.8. The molecule has 1 saturated heterocycles. The molecule has 29 heavy (non-hydrogen) atoms. The number of amides is 1. The molecule has 9 nitrogen and oxygen atoms in total. The number of rotatable bonds is 7. The Morgan fingerprint density at radius 2 is 1.90 bits per heavy atom. The number of nitro groups is 1. The molecule has 0 unspecified atom stereocenters. The maximum absolute atomic E-state index is 12.7. The molecular formula is C19H22N4O5S. The summed E-state index contributed by atoms with van der Waals surface area (Å²) in [6.45, 7) is 2.67. The SMILES string of the molecule is Cc1ccc([N+](=O)[O-])cc1NCC(=O)Nc1cccc(S(=O)(=O)N2CCCC2)c1. The van der Waals surface area contributed by atoms with Crippen molar-refractivity contribution in [3.8, 4) is 0 Å². The molecule has 1 aliphatic heterocycles. The molecule has 1 fully saturated rings. The first-order valence-corrected chi connectivity index (χ1v) is 10.6. The number of hydrogen-bond acceptors (Lipinski definition) is 6. The van der Waals surface area contributed by atoms with Gasteiger partial charge in [0.25, 0.3) is 5.69 Å². The Morgan fingerprint density at radius 1 is 1.17 bits per heavy atom. The van der Waals surface area contributed by atoms with Crippen LogP contribution in [0.3, 0.4) is 0 Å². The molecule has 1 amide bonds. The lowest BCUT2D eigenvalue weighted by atomic mass is 10.2. The first kappa shape index (κ1) is 20.7. The van der Waals surface area contributed by atoms with Gasteiger partial charge >= 0.3 is 0 Å². The smallest absolute Gasteiger partial charge is 0.271 e. The predicted octanol–water partition coefficient (Wildman–Crippen LogP) is 2.74. The molecule has 0 aliphatic carbocycles. The van der Waals surface area contributed by atoms with Crippen molar-refractivity contribution in [3.63, 3.8) is 0 Å². The summed E-state index contributed by atoms with van der Waals surface area (Å²) in [6.07, 6.45) is 1.69. The summed E-state index contributed by atoms with van der Waals surface area (Å²) in [5.41, 5.74) is 1.55. The lowest BCUT2D eigenvalue weighted by Gasteiger charge is -2.16. The van der Waals surface area contributed by atoms with E-state index in [1.807, 2.05) is 0 Å². The van der Waals surface area contributed by atoms with Crippen LogP contribution in [0, 0.1) is 17.0 Å². The molecule has 0 atom stereocenters. The van der Waals surface area contributed by atoms with E-state index in [1.165, 1.54) is 28.6 Å². The van der Waals surface area contributed by atoms with Gasteiger partial charge < -0.3 is 10.6 Å². The first-order valence-electron chi connectivity index (χ1n) is 9.16. The van der Waals surface area contributed by atoms with E-state index in [0.717, 1.165) is 18.4 Å². The van der Waals surface area contributed by atoms with Crippen LogP contribution in [0.5, 0.6) is 0 Å². The van der Waals surface area contributed by atoms with E-state index >= 15 is 0 Å². The molecule has 1 heterocycles. The van der Waals surface area contributed by atoms with E-state index in [-0.39, 0.29) is 17.1 Å². The molecule has 2 N–H and O–H groups in total. The second-order valence-corrected chi connectivity index (χ2v) is 8.74. The zero-order chi connectivity index (χ0) is 21.0. The van der Waals surface area contributed by atoms with Gasteiger partial charge in [0.2, 0.25) is 15.9 Å². The van der Waals surface area contributed by atoms with E-state index in [0.29, 0.717) is 24.5 Å². The van der Waals surface area contributed by atoms with Crippen LogP contribution in [0.4, 0.5) is 17.1 Å². The fourth-order valence-electron chi connectivity index (χ4n) is 3.11. The zero-order valence-corrected chi connectivity index (χ0v) is 16.7. The summed E-state index contributed by atoms with van der Waals surface area (Å²) in [6, 6.07) is 10.5. The molecule has 0 radical (unpaired) electrons. The average molecular weight is 418 g/mol. The summed E-state index contributed by atoms with van der Waals surface area (Å²) in [4.78, 5) is 22.8. The van der Waals surface area contributed by atoms with Crippen molar-refractivity contribution >= 4 is 33.0 Å². The fourth-order valence-corrected chi connectivity index (χ4v) is 4.67. The van der Waals surface area contributed by atoms with Crippen LogP contribution in [0.25, 0.3) is 0 Å². The van der Waals surface area contributed by atoms with Gasteiger partial charge in [0.05, 0.1) is 16.4 Å². The minimum Gasteiger partial charge on any atom is -0.376 e. The zero-order valence-electron chi connectivity index (χ0n) is 15.9. The van der Waals surface area contributed by atoms with Gasteiger partial charge in [-0.15, -0.1) is 0 Å². The van der Waals surface area contributed by atoms with Crippen LogP contribution in [-0.2, 0) is 14.8 Å². The molecule has 0 aromatic heterocycles. The van der Waals surface area contributed by atoms with Gasteiger partial charge in [0.15, 0.2) is 0 Å². The van der Waals surface area contributed by atoms with Gasteiger partial charge in [0, 0.05) is 36.6 Å². The second kappa shape index (κ2) is 8.58. The van der Waals surface area contributed by atoms with Crippen LogP contribution < -0.4 is 10.6 Å². The van der Waals surface area contributed by atoms with E-state index < -0.39 is 20.9 Å². The predicted molar refractivity (Wildman–Crippen MR) is 109 cm³/mol. The maximum atomic E-state index is 12.7. The quantitative estimate of drug-likeness (QED) is 0.527. The van der Waals surface area contributed by atoms with E-state index in [2.05, 4.69) is 10.6 Å². The maximum Gasteiger partial charge on any atom is 0.271 e. The third-order valence-corrected chi connectivity index (χ3v) is 6.59.